The summed E-state index contributed by atoms with van der Waals surface area (Å²) in [6.45, 7) is 1.63. The Bertz CT molecular complexity index is 430. The minimum Gasteiger partial charge on any atom is -0.493 e. The molecule has 0 aromatic heterocycles. The smallest absolute Gasteiger partial charge is 0.254 e. The van der Waals surface area contributed by atoms with Crippen molar-refractivity contribution in [2.75, 3.05) is 38.8 Å². The summed E-state index contributed by atoms with van der Waals surface area (Å²) in [6, 6.07) is 5.29. The molecule has 0 unspecified atom stereocenters. The zero-order valence-electron chi connectivity index (χ0n) is 10.6. The number of benzene rings is 1. The normalized spacial score (nSPS) is 15.3. The third-order valence-corrected chi connectivity index (χ3v) is 3.87. The van der Waals surface area contributed by atoms with Crippen LogP contribution >= 0.6 is 11.8 Å². The van der Waals surface area contributed by atoms with Crippen molar-refractivity contribution in [1.82, 2.24) is 4.90 Å². The molecule has 0 N–H and O–H groups in total. The molecule has 1 fully saturated rings. The number of carbonyl (C=O) groups excluding carboxylic acids is 1. The molecule has 1 aromatic rings. The van der Waals surface area contributed by atoms with Gasteiger partial charge in [0.1, 0.15) is 0 Å². The van der Waals surface area contributed by atoms with E-state index in [1.54, 1.807) is 32.4 Å². The van der Waals surface area contributed by atoms with Gasteiger partial charge in [0.05, 0.1) is 14.2 Å². The van der Waals surface area contributed by atoms with E-state index in [9.17, 15) is 4.79 Å². The Morgan fingerprint density at radius 1 is 1.17 bits per heavy atom. The minimum atomic E-state index is 0.0660. The maximum absolute atomic E-state index is 12.3. The molecular formula is C13H17NO3S. The van der Waals surface area contributed by atoms with Crippen LogP contribution in [0.4, 0.5) is 0 Å². The van der Waals surface area contributed by atoms with Crippen LogP contribution in [0, 0.1) is 0 Å². The second-order valence-corrected chi connectivity index (χ2v) is 5.20. The lowest BCUT2D eigenvalue weighted by Crippen LogP contribution is -2.37. The quantitative estimate of drug-likeness (QED) is 0.838. The van der Waals surface area contributed by atoms with Gasteiger partial charge in [-0.15, -0.1) is 0 Å². The van der Waals surface area contributed by atoms with E-state index in [1.807, 2.05) is 16.7 Å². The molecule has 1 aromatic carbocycles. The lowest BCUT2D eigenvalue weighted by atomic mass is 10.1. The van der Waals surface area contributed by atoms with Gasteiger partial charge in [0.15, 0.2) is 11.5 Å². The minimum absolute atomic E-state index is 0.0660. The number of hydrogen-bond donors (Lipinski definition) is 0. The van der Waals surface area contributed by atoms with Gasteiger partial charge in [-0.1, -0.05) is 0 Å². The van der Waals surface area contributed by atoms with Crippen LogP contribution in [0.15, 0.2) is 18.2 Å². The van der Waals surface area contributed by atoms with E-state index in [4.69, 9.17) is 9.47 Å². The number of carbonyl (C=O) groups is 1. The van der Waals surface area contributed by atoms with Crippen molar-refractivity contribution in [2.24, 2.45) is 0 Å². The van der Waals surface area contributed by atoms with Crippen LogP contribution in [0.2, 0.25) is 0 Å². The molecule has 0 aliphatic carbocycles. The Balaban J connectivity index is 2.19. The van der Waals surface area contributed by atoms with Crippen molar-refractivity contribution in [2.45, 2.75) is 0 Å². The first-order valence-electron chi connectivity index (χ1n) is 5.85. The summed E-state index contributed by atoms with van der Waals surface area (Å²) in [6.07, 6.45) is 0. The second-order valence-electron chi connectivity index (χ2n) is 3.97. The van der Waals surface area contributed by atoms with Gasteiger partial charge in [-0.25, -0.2) is 0 Å². The van der Waals surface area contributed by atoms with Gasteiger partial charge in [-0.2, -0.15) is 11.8 Å². The molecule has 0 radical (unpaired) electrons. The molecular weight excluding hydrogens is 250 g/mol. The topological polar surface area (TPSA) is 38.8 Å². The first kappa shape index (κ1) is 13.1. The molecule has 1 aliphatic heterocycles. The van der Waals surface area contributed by atoms with Crippen LogP contribution in [0.25, 0.3) is 0 Å². The Hall–Kier alpha value is -1.36. The summed E-state index contributed by atoms with van der Waals surface area (Å²) in [4.78, 5) is 14.2. The first-order valence-corrected chi connectivity index (χ1v) is 7.01. The van der Waals surface area contributed by atoms with E-state index < -0.39 is 0 Å². The summed E-state index contributed by atoms with van der Waals surface area (Å²) in [5.41, 5.74) is 0.652. The Labute approximate surface area is 111 Å². The lowest BCUT2D eigenvalue weighted by molar-refractivity contribution is 0.0772. The fourth-order valence-electron chi connectivity index (χ4n) is 1.92. The molecule has 0 atom stereocenters. The molecule has 0 saturated carbocycles. The van der Waals surface area contributed by atoms with Gasteiger partial charge in [-0.05, 0) is 18.2 Å². The molecule has 4 nitrogen and oxygen atoms in total. The van der Waals surface area contributed by atoms with Crippen LogP contribution in [0.3, 0.4) is 0 Å². The van der Waals surface area contributed by atoms with Crippen LogP contribution < -0.4 is 9.47 Å². The Morgan fingerprint density at radius 3 is 2.44 bits per heavy atom. The molecule has 5 heteroatoms. The standard InChI is InChI=1S/C13H17NO3S/c1-16-11-4-3-10(9-12(11)17-2)13(15)14-5-7-18-8-6-14/h3-4,9H,5-8H2,1-2H3. The fourth-order valence-corrected chi connectivity index (χ4v) is 2.82. The SMILES string of the molecule is COc1ccc(C(=O)N2CCSCC2)cc1OC. The summed E-state index contributed by atoms with van der Waals surface area (Å²) in [5, 5.41) is 0. The number of hydrogen-bond acceptors (Lipinski definition) is 4. The van der Waals surface area contributed by atoms with Gasteiger partial charge >= 0.3 is 0 Å². The molecule has 1 amide bonds. The van der Waals surface area contributed by atoms with Crippen LogP contribution in [-0.2, 0) is 0 Å². The average Bonchev–Trinajstić information content (AvgIpc) is 2.46. The molecule has 0 spiro atoms. The number of amides is 1. The summed E-state index contributed by atoms with van der Waals surface area (Å²) >= 11 is 1.89. The van der Waals surface area contributed by atoms with Crippen molar-refractivity contribution in [1.29, 1.82) is 0 Å². The highest BCUT2D eigenvalue weighted by Gasteiger charge is 2.19. The van der Waals surface area contributed by atoms with E-state index in [-0.39, 0.29) is 5.91 Å². The molecule has 1 heterocycles. The first-order chi connectivity index (χ1) is 8.76. The van der Waals surface area contributed by atoms with E-state index in [0.717, 1.165) is 24.6 Å². The van der Waals surface area contributed by atoms with Crippen molar-refractivity contribution in [3.05, 3.63) is 23.8 Å². The number of methoxy groups -OCH3 is 2. The molecule has 1 aliphatic rings. The van der Waals surface area contributed by atoms with E-state index in [0.29, 0.717) is 17.1 Å². The van der Waals surface area contributed by atoms with E-state index in [2.05, 4.69) is 0 Å². The molecule has 1 saturated heterocycles. The molecule has 18 heavy (non-hydrogen) atoms. The predicted molar refractivity (Wildman–Crippen MR) is 72.8 cm³/mol. The number of rotatable bonds is 3. The summed E-state index contributed by atoms with van der Waals surface area (Å²) in [5.74, 6) is 3.33. The molecule has 0 bridgehead atoms. The summed E-state index contributed by atoms with van der Waals surface area (Å²) in [7, 11) is 3.16. The van der Waals surface area contributed by atoms with Crippen molar-refractivity contribution < 1.29 is 14.3 Å². The zero-order valence-corrected chi connectivity index (χ0v) is 11.5. The van der Waals surface area contributed by atoms with Crippen LogP contribution in [-0.4, -0.2) is 49.6 Å². The Kier molecular flexibility index (Phi) is 4.36. The van der Waals surface area contributed by atoms with E-state index in [1.165, 1.54) is 0 Å². The molecule has 2 rings (SSSR count). The monoisotopic (exact) mass is 267 g/mol. The van der Waals surface area contributed by atoms with Crippen molar-refractivity contribution >= 4 is 17.7 Å². The fraction of sp³-hybridized carbons (Fsp3) is 0.462. The summed E-state index contributed by atoms with van der Waals surface area (Å²) < 4.78 is 10.4. The van der Waals surface area contributed by atoms with Gasteiger partial charge in [0, 0.05) is 30.2 Å². The highest BCUT2D eigenvalue weighted by atomic mass is 32.2. The third kappa shape index (κ3) is 2.72. The maximum Gasteiger partial charge on any atom is 0.254 e. The Morgan fingerprint density at radius 2 is 1.83 bits per heavy atom. The van der Waals surface area contributed by atoms with Gasteiger partial charge in [0.2, 0.25) is 0 Å². The second kappa shape index (κ2) is 6.00. The van der Waals surface area contributed by atoms with Gasteiger partial charge < -0.3 is 14.4 Å². The number of ether oxygens (including phenoxy) is 2. The highest BCUT2D eigenvalue weighted by Crippen LogP contribution is 2.28. The average molecular weight is 267 g/mol. The number of nitrogens with zero attached hydrogens (tertiary/aromatic N) is 1. The van der Waals surface area contributed by atoms with E-state index >= 15 is 0 Å². The van der Waals surface area contributed by atoms with Crippen LogP contribution in [0.5, 0.6) is 11.5 Å². The predicted octanol–water partition coefficient (Wildman–Crippen LogP) is 1.89. The third-order valence-electron chi connectivity index (χ3n) is 2.93. The lowest BCUT2D eigenvalue weighted by Gasteiger charge is -2.26. The van der Waals surface area contributed by atoms with Gasteiger partial charge in [0.25, 0.3) is 5.91 Å². The van der Waals surface area contributed by atoms with Crippen molar-refractivity contribution in [3.8, 4) is 11.5 Å². The maximum atomic E-state index is 12.3. The molecule has 98 valence electrons. The highest BCUT2D eigenvalue weighted by molar-refractivity contribution is 7.99. The van der Waals surface area contributed by atoms with Crippen molar-refractivity contribution in [3.63, 3.8) is 0 Å². The zero-order chi connectivity index (χ0) is 13.0. The van der Waals surface area contributed by atoms with Gasteiger partial charge in [-0.3, -0.25) is 4.79 Å². The van der Waals surface area contributed by atoms with Crippen LogP contribution in [0.1, 0.15) is 10.4 Å². The number of thioether (sulfide) groups is 1. The largest absolute Gasteiger partial charge is 0.493 e.